The van der Waals surface area contributed by atoms with Crippen LogP contribution in [0.25, 0.3) is 0 Å². The molecule has 0 saturated heterocycles. The third-order valence-corrected chi connectivity index (χ3v) is 5.68. The summed E-state index contributed by atoms with van der Waals surface area (Å²) in [5.74, 6) is 0.487. The first-order valence-corrected chi connectivity index (χ1v) is 7.71. The van der Waals surface area contributed by atoms with Gasteiger partial charge in [-0.2, -0.15) is 0 Å². The van der Waals surface area contributed by atoms with Crippen LogP contribution in [-0.4, -0.2) is 18.0 Å². The summed E-state index contributed by atoms with van der Waals surface area (Å²) in [6, 6.07) is 0. The maximum Gasteiger partial charge on any atom is 0.144 e. The second kappa shape index (κ2) is 4.33. The smallest absolute Gasteiger partial charge is 0.144 e. The Hall–Kier alpha value is -0.370. The minimum Gasteiger partial charge on any atom is -0.373 e. The van der Waals surface area contributed by atoms with Crippen molar-refractivity contribution >= 4 is 5.78 Å². The van der Waals surface area contributed by atoms with Gasteiger partial charge in [-0.1, -0.05) is 26.7 Å². The Labute approximate surface area is 110 Å². The number of ketones is 1. The number of Topliss-reactive ketones (excluding diaryl/α,β-unsaturated/α-hetero) is 1. The van der Waals surface area contributed by atoms with E-state index in [9.17, 15) is 4.79 Å². The molecule has 3 rings (SSSR count). The predicted molar refractivity (Wildman–Crippen MR) is 71.4 cm³/mol. The minimum absolute atomic E-state index is 0.0348. The highest BCUT2D eigenvalue weighted by atomic mass is 16.5. The van der Waals surface area contributed by atoms with Crippen molar-refractivity contribution < 1.29 is 9.53 Å². The first-order valence-electron chi connectivity index (χ1n) is 7.71. The molecule has 0 bridgehead atoms. The Morgan fingerprint density at radius 1 is 1.06 bits per heavy atom. The molecule has 18 heavy (non-hydrogen) atoms. The molecule has 0 aromatic rings. The van der Waals surface area contributed by atoms with Gasteiger partial charge in [0.25, 0.3) is 0 Å². The number of hydrogen-bond acceptors (Lipinski definition) is 2. The van der Waals surface area contributed by atoms with E-state index in [0.717, 1.165) is 12.8 Å². The predicted octanol–water partition coefficient (Wildman–Crippen LogP) is 3.87. The molecule has 2 nitrogen and oxygen atoms in total. The molecule has 1 atom stereocenters. The number of carbonyl (C=O) groups excluding carboxylic acids is 1. The molecule has 2 heteroatoms. The van der Waals surface area contributed by atoms with E-state index < -0.39 is 0 Å². The van der Waals surface area contributed by atoms with Gasteiger partial charge >= 0.3 is 0 Å². The first kappa shape index (κ1) is 12.7. The van der Waals surface area contributed by atoms with Gasteiger partial charge in [-0.25, -0.2) is 0 Å². The Kier molecular flexibility index (Phi) is 3.04. The molecule has 3 fully saturated rings. The molecule has 3 aliphatic rings. The van der Waals surface area contributed by atoms with Crippen LogP contribution in [0.3, 0.4) is 0 Å². The van der Waals surface area contributed by atoms with Crippen molar-refractivity contribution in [3.63, 3.8) is 0 Å². The van der Waals surface area contributed by atoms with Crippen molar-refractivity contribution in [2.75, 3.05) is 0 Å². The molecule has 0 amide bonds. The lowest BCUT2D eigenvalue weighted by Gasteiger charge is -2.47. The minimum atomic E-state index is -0.0348. The van der Waals surface area contributed by atoms with Crippen molar-refractivity contribution in [2.24, 2.45) is 10.8 Å². The molecule has 0 aromatic heterocycles. The van der Waals surface area contributed by atoms with Crippen LogP contribution >= 0.6 is 0 Å². The third kappa shape index (κ3) is 2.03. The maximum atomic E-state index is 11.9. The van der Waals surface area contributed by atoms with E-state index >= 15 is 0 Å². The van der Waals surface area contributed by atoms with Crippen LogP contribution in [0.15, 0.2) is 0 Å². The fourth-order valence-electron chi connectivity index (χ4n) is 4.14. The second-order valence-corrected chi connectivity index (χ2v) is 7.48. The van der Waals surface area contributed by atoms with Gasteiger partial charge in [0, 0.05) is 6.42 Å². The lowest BCUT2D eigenvalue weighted by atomic mass is 9.63. The van der Waals surface area contributed by atoms with E-state index in [1.54, 1.807) is 0 Å². The van der Waals surface area contributed by atoms with Gasteiger partial charge in [-0.15, -0.1) is 0 Å². The Balaban J connectivity index is 1.56. The van der Waals surface area contributed by atoms with Crippen molar-refractivity contribution in [1.29, 1.82) is 0 Å². The molecule has 0 heterocycles. The van der Waals surface area contributed by atoms with Gasteiger partial charge in [-0.3, -0.25) is 4.79 Å². The average Bonchev–Trinajstić information content (AvgIpc) is 2.83. The molecule has 1 spiro atoms. The number of carbonyl (C=O) groups is 1. The third-order valence-electron chi connectivity index (χ3n) is 5.68. The zero-order valence-corrected chi connectivity index (χ0v) is 11.8. The van der Waals surface area contributed by atoms with Gasteiger partial charge < -0.3 is 4.74 Å². The Morgan fingerprint density at radius 2 is 1.67 bits per heavy atom. The fourth-order valence-corrected chi connectivity index (χ4v) is 4.14. The summed E-state index contributed by atoms with van der Waals surface area (Å²) in [7, 11) is 0. The van der Waals surface area contributed by atoms with Crippen LogP contribution in [-0.2, 0) is 9.53 Å². The Morgan fingerprint density at radius 3 is 2.22 bits per heavy atom. The van der Waals surface area contributed by atoms with Gasteiger partial charge in [0.15, 0.2) is 0 Å². The van der Waals surface area contributed by atoms with E-state index in [-0.39, 0.29) is 11.5 Å². The largest absolute Gasteiger partial charge is 0.373 e. The highest BCUT2D eigenvalue weighted by Gasteiger charge is 2.57. The molecule has 0 N–H and O–H groups in total. The van der Waals surface area contributed by atoms with Crippen molar-refractivity contribution in [2.45, 2.75) is 83.8 Å². The van der Waals surface area contributed by atoms with E-state index in [4.69, 9.17) is 4.74 Å². The lowest BCUT2D eigenvalue weighted by molar-refractivity contribution is -0.175. The topological polar surface area (TPSA) is 26.3 Å². The van der Waals surface area contributed by atoms with Crippen LogP contribution in [0.4, 0.5) is 0 Å². The highest BCUT2D eigenvalue weighted by molar-refractivity contribution is 5.92. The summed E-state index contributed by atoms with van der Waals surface area (Å²) in [6.07, 6.45) is 10.9. The average molecular weight is 250 g/mol. The first-order chi connectivity index (χ1) is 8.52. The van der Waals surface area contributed by atoms with E-state index in [1.165, 1.54) is 38.5 Å². The van der Waals surface area contributed by atoms with Gasteiger partial charge in [0.05, 0.1) is 17.6 Å². The van der Waals surface area contributed by atoms with Gasteiger partial charge in [0.1, 0.15) is 5.78 Å². The number of hydrogen-bond donors (Lipinski definition) is 0. The van der Waals surface area contributed by atoms with Crippen molar-refractivity contribution in [3.8, 4) is 0 Å². The lowest BCUT2D eigenvalue weighted by Crippen LogP contribution is -2.55. The van der Waals surface area contributed by atoms with Crippen LogP contribution in [0.1, 0.15) is 71.6 Å². The van der Waals surface area contributed by atoms with E-state index in [1.807, 2.05) is 0 Å². The molecule has 0 aromatic carbocycles. The molecule has 1 unspecified atom stereocenters. The zero-order valence-electron chi connectivity index (χ0n) is 11.8. The summed E-state index contributed by atoms with van der Waals surface area (Å²) in [5.41, 5.74) is 0.466. The van der Waals surface area contributed by atoms with Gasteiger partial charge in [0.2, 0.25) is 0 Å². The summed E-state index contributed by atoms with van der Waals surface area (Å²) in [6.45, 7) is 4.71. The van der Waals surface area contributed by atoms with Crippen LogP contribution < -0.4 is 0 Å². The Bertz CT molecular complexity index is 329. The summed E-state index contributed by atoms with van der Waals surface area (Å²) in [4.78, 5) is 11.9. The van der Waals surface area contributed by atoms with Crippen LogP contribution in [0, 0.1) is 10.8 Å². The maximum absolute atomic E-state index is 11.9. The second-order valence-electron chi connectivity index (χ2n) is 7.48. The van der Waals surface area contributed by atoms with Gasteiger partial charge in [-0.05, 0) is 43.9 Å². The molecular formula is C16H26O2. The molecule has 0 aliphatic heterocycles. The number of rotatable bonds is 2. The standard InChI is InChI=1S/C16H26O2/c1-15(2)9-5-12(6-10-15)18-14-11-13(17)16(14)7-3-4-8-16/h12,14H,3-11H2,1-2H3. The van der Waals surface area contributed by atoms with Crippen LogP contribution in [0.2, 0.25) is 0 Å². The van der Waals surface area contributed by atoms with Crippen LogP contribution in [0.5, 0.6) is 0 Å². The number of ether oxygens (including phenoxy) is 1. The quantitative estimate of drug-likeness (QED) is 0.743. The monoisotopic (exact) mass is 250 g/mol. The van der Waals surface area contributed by atoms with E-state index in [0.29, 0.717) is 23.7 Å². The molecule has 3 aliphatic carbocycles. The summed E-state index contributed by atoms with van der Waals surface area (Å²) < 4.78 is 6.31. The van der Waals surface area contributed by atoms with Crippen molar-refractivity contribution in [1.82, 2.24) is 0 Å². The fraction of sp³-hybridized carbons (Fsp3) is 0.938. The molecule has 0 radical (unpaired) electrons. The molecular weight excluding hydrogens is 224 g/mol. The molecule has 102 valence electrons. The van der Waals surface area contributed by atoms with E-state index in [2.05, 4.69) is 13.8 Å². The summed E-state index contributed by atoms with van der Waals surface area (Å²) in [5, 5.41) is 0. The molecule has 3 saturated carbocycles. The SMILES string of the molecule is CC1(C)CCC(OC2CC(=O)C23CCCC3)CC1. The van der Waals surface area contributed by atoms with Crippen molar-refractivity contribution in [3.05, 3.63) is 0 Å². The summed E-state index contributed by atoms with van der Waals surface area (Å²) >= 11 is 0. The normalized spacial score (nSPS) is 34.8. The zero-order chi connectivity index (χ0) is 12.8. The highest BCUT2D eigenvalue weighted by Crippen LogP contribution is 2.53.